The molecule has 0 spiro atoms. The van der Waals surface area contributed by atoms with Gasteiger partial charge < -0.3 is 14.2 Å². The van der Waals surface area contributed by atoms with E-state index in [1.807, 2.05) is 4.90 Å². The average Bonchev–Trinajstić information content (AvgIpc) is 3.09. The number of rotatable bonds is 5. The first-order chi connectivity index (χ1) is 12.5. The third-order valence-electron chi connectivity index (χ3n) is 5.65. The number of amides is 1. The van der Waals surface area contributed by atoms with Crippen molar-refractivity contribution in [3.8, 4) is 0 Å². The SMILES string of the molecule is COCc1nc(CN2CCN(C(=O)C3CCC3)[C@@H]3CS(=O)(=O)C[C@@H]32)no1. The average molecular weight is 384 g/mol. The van der Waals surface area contributed by atoms with Gasteiger partial charge in [-0.1, -0.05) is 11.6 Å². The van der Waals surface area contributed by atoms with Gasteiger partial charge in [0.15, 0.2) is 15.7 Å². The maximum atomic E-state index is 12.7. The van der Waals surface area contributed by atoms with Crippen LogP contribution in [-0.2, 0) is 32.5 Å². The molecule has 0 bridgehead atoms. The number of carbonyl (C=O) groups is 1. The maximum absolute atomic E-state index is 12.7. The van der Waals surface area contributed by atoms with Crippen LogP contribution >= 0.6 is 0 Å². The molecule has 0 N–H and O–H groups in total. The van der Waals surface area contributed by atoms with Crippen molar-refractivity contribution in [3.05, 3.63) is 11.7 Å². The topological polar surface area (TPSA) is 106 Å². The highest BCUT2D eigenvalue weighted by molar-refractivity contribution is 7.91. The van der Waals surface area contributed by atoms with Gasteiger partial charge in [0.25, 0.3) is 5.89 Å². The fourth-order valence-electron chi connectivity index (χ4n) is 4.10. The van der Waals surface area contributed by atoms with Crippen molar-refractivity contribution >= 4 is 15.7 Å². The van der Waals surface area contributed by atoms with E-state index in [1.165, 1.54) is 0 Å². The Balaban J connectivity index is 1.50. The second kappa shape index (κ2) is 6.90. The first-order valence-electron chi connectivity index (χ1n) is 9.02. The number of aromatic nitrogens is 2. The van der Waals surface area contributed by atoms with Crippen molar-refractivity contribution in [2.75, 3.05) is 31.7 Å². The molecule has 10 heteroatoms. The van der Waals surface area contributed by atoms with Gasteiger partial charge in [0, 0.05) is 32.2 Å². The molecule has 1 aliphatic carbocycles. The molecule has 2 saturated heterocycles. The highest BCUT2D eigenvalue weighted by Gasteiger charge is 2.49. The fourth-order valence-corrected chi connectivity index (χ4v) is 6.11. The number of sulfone groups is 1. The van der Waals surface area contributed by atoms with E-state index in [9.17, 15) is 13.2 Å². The lowest BCUT2D eigenvalue weighted by Gasteiger charge is -2.45. The molecule has 3 heterocycles. The largest absolute Gasteiger partial charge is 0.375 e. The van der Waals surface area contributed by atoms with Crippen LogP contribution in [0.5, 0.6) is 0 Å². The van der Waals surface area contributed by atoms with Crippen molar-refractivity contribution in [1.82, 2.24) is 19.9 Å². The van der Waals surface area contributed by atoms with E-state index < -0.39 is 9.84 Å². The number of ether oxygens (including phenoxy) is 1. The maximum Gasteiger partial charge on any atom is 0.252 e. The minimum absolute atomic E-state index is 0.0494. The number of fused-ring (bicyclic) bond motifs is 1. The molecule has 9 nitrogen and oxygen atoms in total. The number of methoxy groups -OCH3 is 1. The van der Waals surface area contributed by atoms with Crippen LogP contribution in [0.4, 0.5) is 0 Å². The molecular weight excluding hydrogens is 360 g/mol. The minimum atomic E-state index is -3.16. The van der Waals surface area contributed by atoms with E-state index in [2.05, 4.69) is 15.0 Å². The Bertz CT molecular complexity index is 775. The molecular formula is C16H24N4O5S. The summed E-state index contributed by atoms with van der Waals surface area (Å²) in [6, 6.07) is -0.477. The van der Waals surface area contributed by atoms with Crippen LogP contribution in [0.3, 0.4) is 0 Å². The Morgan fingerprint density at radius 1 is 1.27 bits per heavy atom. The molecule has 1 aromatic heterocycles. The summed E-state index contributed by atoms with van der Waals surface area (Å²) < 4.78 is 34.6. The summed E-state index contributed by atoms with van der Waals surface area (Å²) in [7, 11) is -1.61. The predicted octanol–water partition coefficient (Wildman–Crippen LogP) is -0.174. The van der Waals surface area contributed by atoms with Crippen LogP contribution in [0.1, 0.15) is 31.0 Å². The van der Waals surface area contributed by atoms with Gasteiger partial charge in [-0.25, -0.2) is 8.42 Å². The van der Waals surface area contributed by atoms with Crippen molar-refractivity contribution in [2.45, 2.75) is 44.5 Å². The number of piperazine rings is 1. The van der Waals surface area contributed by atoms with Gasteiger partial charge in [-0.2, -0.15) is 4.98 Å². The van der Waals surface area contributed by atoms with Gasteiger partial charge in [-0.3, -0.25) is 9.69 Å². The quantitative estimate of drug-likeness (QED) is 0.689. The third kappa shape index (κ3) is 3.37. The highest BCUT2D eigenvalue weighted by atomic mass is 32.2. The second-order valence-corrected chi connectivity index (χ2v) is 9.53. The zero-order valence-electron chi connectivity index (χ0n) is 14.8. The van der Waals surface area contributed by atoms with Crippen LogP contribution in [0.25, 0.3) is 0 Å². The van der Waals surface area contributed by atoms with E-state index >= 15 is 0 Å². The van der Waals surface area contributed by atoms with E-state index in [-0.39, 0.29) is 42.0 Å². The standard InChI is InChI=1S/C16H24N4O5S/c1-24-8-15-17-14(18-25-15)7-19-5-6-20(16(21)11-3-2-4-11)13-10-26(22,23)9-12(13)19/h11-13H,2-10H2,1H3/t12-,13+/m0/s1. The first-order valence-corrected chi connectivity index (χ1v) is 10.8. The molecule has 144 valence electrons. The fraction of sp³-hybridized carbons (Fsp3) is 0.812. The van der Waals surface area contributed by atoms with Gasteiger partial charge >= 0.3 is 0 Å². The number of hydrogen-bond acceptors (Lipinski definition) is 8. The van der Waals surface area contributed by atoms with E-state index in [4.69, 9.17) is 9.26 Å². The van der Waals surface area contributed by atoms with Gasteiger partial charge in [-0.15, -0.1) is 0 Å². The zero-order valence-corrected chi connectivity index (χ0v) is 15.7. The molecule has 26 heavy (non-hydrogen) atoms. The normalized spacial score (nSPS) is 28.7. The van der Waals surface area contributed by atoms with Crippen LogP contribution in [0.15, 0.2) is 4.52 Å². The Morgan fingerprint density at radius 2 is 2.04 bits per heavy atom. The lowest BCUT2D eigenvalue weighted by Crippen LogP contribution is -2.61. The summed E-state index contributed by atoms with van der Waals surface area (Å²) >= 11 is 0. The summed E-state index contributed by atoms with van der Waals surface area (Å²) in [6.45, 7) is 1.82. The van der Waals surface area contributed by atoms with E-state index in [0.717, 1.165) is 19.3 Å². The lowest BCUT2D eigenvalue weighted by atomic mass is 9.83. The molecule has 1 saturated carbocycles. The first kappa shape index (κ1) is 17.9. The molecule has 3 aliphatic rings. The third-order valence-corrected chi connectivity index (χ3v) is 7.35. The van der Waals surface area contributed by atoms with Gasteiger partial charge in [0.2, 0.25) is 5.91 Å². The molecule has 4 rings (SSSR count). The van der Waals surface area contributed by atoms with Gasteiger partial charge in [0.05, 0.1) is 24.1 Å². The zero-order chi connectivity index (χ0) is 18.3. The molecule has 0 radical (unpaired) electrons. The molecule has 1 amide bonds. The predicted molar refractivity (Wildman–Crippen MR) is 90.7 cm³/mol. The van der Waals surface area contributed by atoms with Crippen LogP contribution in [-0.4, -0.2) is 78.1 Å². The molecule has 3 fully saturated rings. The van der Waals surface area contributed by atoms with Gasteiger partial charge in [0.1, 0.15) is 6.61 Å². The summed E-state index contributed by atoms with van der Waals surface area (Å²) in [5.74, 6) is 1.25. The molecule has 1 aromatic rings. The Morgan fingerprint density at radius 3 is 2.73 bits per heavy atom. The van der Waals surface area contributed by atoms with Crippen molar-refractivity contribution in [3.63, 3.8) is 0 Å². The number of carbonyl (C=O) groups excluding carboxylic acids is 1. The molecule has 2 atom stereocenters. The second-order valence-electron chi connectivity index (χ2n) is 7.38. The molecule has 2 aliphatic heterocycles. The molecule has 0 unspecified atom stereocenters. The summed E-state index contributed by atoms with van der Waals surface area (Å²) in [5.41, 5.74) is 0. The van der Waals surface area contributed by atoms with Crippen molar-refractivity contribution in [2.24, 2.45) is 5.92 Å². The van der Waals surface area contributed by atoms with E-state index in [1.54, 1.807) is 7.11 Å². The van der Waals surface area contributed by atoms with Crippen molar-refractivity contribution in [1.29, 1.82) is 0 Å². The monoisotopic (exact) mass is 384 g/mol. The number of hydrogen-bond donors (Lipinski definition) is 0. The Hall–Kier alpha value is -1.52. The minimum Gasteiger partial charge on any atom is -0.375 e. The Labute approximate surface area is 152 Å². The van der Waals surface area contributed by atoms with Crippen LogP contribution in [0.2, 0.25) is 0 Å². The van der Waals surface area contributed by atoms with Crippen LogP contribution in [0, 0.1) is 5.92 Å². The molecule has 0 aromatic carbocycles. The Kier molecular flexibility index (Phi) is 4.74. The van der Waals surface area contributed by atoms with E-state index in [0.29, 0.717) is 31.3 Å². The van der Waals surface area contributed by atoms with Crippen molar-refractivity contribution < 1.29 is 22.5 Å². The van der Waals surface area contributed by atoms with Gasteiger partial charge in [-0.05, 0) is 12.8 Å². The summed E-state index contributed by atoms with van der Waals surface area (Å²) in [5, 5.41) is 3.95. The summed E-state index contributed by atoms with van der Waals surface area (Å²) in [6.07, 6.45) is 2.94. The lowest BCUT2D eigenvalue weighted by molar-refractivity contribution is -0.144. The smallest absolute Gasteiger partial charge is 0.252 e. The summed E-state index contributed by atoms with van der Waals surface area (Å²) in [4.78, 5) is 20.9. The number of nitrogens with zero attached hydrogens (tertiary/aromatic N) is 4. The highest BCUT2D eigenvalue weighted by Crippen LogP contribution is 2.33. The van der Waals surface area contributed by atoms with Crippen LogP contribution < -0.4 is 0 Å².